The summed E-state index contributed by atoms with van der Waals surface area (Å²) in [6.45, 7) is 0.432. The van der Waals surface area contributed by atoms with Gasteiger partial charge in [0.05, 0.1) is 40.0 Å². The SMILES string of the molecule is O=c1[nH]c2cc(-c3nc(Cn4cnc5ccccc54)no3)cc(Cl)c2[nH]1. The number of rotatable bonds is 3. The lowest BCUT2D eigenvalue weighted by atomic mass is 10.2. The number of fused-ring (bicyclic) bond motifs is 2. The number of para-hydroxylation sites is 2. The van der Waals surface area contributed by atoms with Crippen molar-refractivity contribution in [2.24, 2.45) is 0 Å². The van der Waals surface area contributed by atoms with Gasteiger partial charge in [0.2, 0.25) is 0 Å². The summed E-state index contributed by atoms with van der Waals surface area (Å²) in [4.78, 5) is 25.5. The molecular formula is C17H11ClN6O2. The number of halogens is 1. The first kappa shape index (κ1) is 14.9. The average molecular weight is 367 g/mol. The first-order chi connectivity index (χ1) is 12.7. The zero-order valence-electron chi connectivity index (χ0n) is 13.2. The Kier molecular flexibility index (Phi) is 3.19. The molecule has 0 amide bonds. The Bertz CT molecular complexity index is 1310. The minimum Gasteiger partial charge on any atom is -0.334 e. The number of H-pyrrole nitrogens is 2. The van der Waals surface area contributed by atoms with Crippen molar-refractivity contribution in [3.63, 3.8) is 0 Å². The van der Waals surface area contributed by atoms with Gasteiger partial charge in [0.1, 0.15) is 0 Å². The second kappa shape index (κ2) is 5.57. The zero-order chi connectivity index (χ0) is 17.7. The minimum absolute atomic E-state index is 0.322. The Labute approximate surface area is 150 Å². The molecule has 0 saturated carbocycles. The maximum absolute atomic E-state index is 11.4. The van der Waals surface area contributed by atoms with Gasteiger partial charge in [-0.1, -0.05) is 28.9 Å². The van der Waals surface area contributed by atoms with Gasteiger partial charge in [-0.2, -0.15) is 4.98 Å². The predicted molar refractivity (Wildman–Crippen MR) is 96.1 cm³/mol. The molecular weight excluding hydrogens is 356 g/mol. The molecule has 0 bridgehead atoms. The molecule has 0 fully saturated rings. The van der Waals surface area contributed by atoms with Crippen molar-refractivity contribution in [2.45, 2.75) is 6.54 Å². The van der Waals surface area contributed by atoms with Crippen LogP contribution in [0.1, 0.15) is 5.82 Å². The van der Waals surface area contributed by atoms with Gasteiger partial charge in [-0.05, 0) is 24.3 Å². The van der Waals surface area contributed by atoms with Gasteiger partial charge >= 0.3 is 5.69 Å². The molecule has 0 aliphatic carbocycles. The minimum atomic E-state index is -0.322. The lowest BCUT2D eigenvalue weighted by Gasteiger charge is -1.99. The second-order valence-electron chi connectivity index (χ2n) is 5.84. The average Bonchev–Trinajstić information content (AvgIpc) is 3.34. The molecule has 0 unspecified atom stereocenters. The lowest BCUT2D eigenvalue weighted by molar-refractivity contribution is 0.421. The lowest BCUT2D eigenvalue weighted by Crippen LogP contribution is -1.99. The largest absolute Gasteiger partial charge is 0.334 e. The van der Waals surface area contributed by atoms with E-state index in [1.54, 1.807) is 18.5 Å². The third-order valence-corrected chi connectivity index (χ3v) is 4.43. The predicted octanol–water partition coefficient (Wildman–Crippen LogP) is 2.96. The van der Waals surface area contributed by atoms with Gasteiger partial charge in [0.15, 0.2) is 5.82 Å². The molecule has 0 spiro atoms. The Morgan fingerprint density at radius 1 is 1.19 bits per heavy atom. The highest BCUT2D eigenvalue weighted by Crippen LogP contribution is 2.27. The molecule has 3 aromatic heterocycles. The molecule has 0 saturated heterocycles. The van der Waals surface area contributed by atoms with Crippen LogP contribution in [0.2, 0.25) is 5.02 Å². The van der Waals surface area contributed by atoms with E-state index in [-0.39, 0.29) is 5.69 Å². The molecule has 2 N–H and O–H groups in total. The zero-order valence-corrected chi connectivity index (χ0v) is 14.0. The summed E-state index contributed by atoms with van der Waals surface area (Å²) in [5, 5.41) is 4.43. The van der Waals surface area contributed by atoms with Crippen molar-refractivity contribution in [2.75, 3.05) is 0 Å². The van der Waals surface area contributed by atoms with Gasteiger partial charge < -0.3 is 19.1 Å². The maximum Gasteiger partial charge on any atom is 0.323 e. The quantitative estimate of drug-likeness (QED) is 0.510. The van der Waals surface area contributed by atoms with E-state index in [2.05, 4.69) is 25.1 Å². The van der Waals surface area contributed by atoms with Gasteiger partial charge in [0, 0.05) is 5.56 Å². The van der Waals surface area contributed by atoms with E-state index in [9.17, 15) is 4.79 Å². The Balaban J connectivity index is 1.51. The van der Waals surface area contributed by atoms with Crippen molar-refractivity contribution < 1.29 is 4.52 Å². The number of benzene rings is 2. The molecule has 0 aliphatic heterocycles. The Morgan fingerprint density at radius 2 is 2.08 bits per heavy atom. The van der Waals surface area contributed by atoms with Crippen LogP contribution in [0.25, 0.3) is 33.5 Å². The topological polar surface area (TPSA) is 105 Å². The van der Waals surface area contributed by atoms with Crippen LogP contribution in [0.4, 0.5) is 0 Å². The van der Waals surface area contributed by atoms with Gasteiger partial charge in [0.25, 0.3) is 5.89 Å². The first-order valence-electron chi connectivity index (χ1n) is 7.82. The number of hydrogen-bond donors (Lipinski definition) is 2. The van der Waals surface area contributed by atoms with Crippen LogP contribution in [0.3, 0.4) is 0 Å². The number of aromatic amines is 2. The van der Waals surface area contributed by atoms with E-state index >= 15 is 0 Å². The summed E-state index contributed by atoms with van der Waals surface area (Å²) in [6, 6.07) is 11.2. The summed E-state index contributed by atoms with van der Waals surface area (Å²) in [6.07, 6.45) is 1.74. The molecule has 0 aliphatic rings. The molecule has 5 rings (SSSR count). The third kappa shape index (κ3) is 2.39. The van der Waals surface area contributed by atoms with Crippen LogP contribution in [-0.4, -0.2) is 29.7 Å². The van der Waals surface area contributed by atoms with E-state index in [4.69, 9.17) is 16.1 Å². The normalized spacial score (nSPS) is 11.6. The van der Waals surface area contributed by atoms with E-state index in [0.717, 1.165) is 11.0 Å². The van der Waals surface area contributed by atoms with Crippen molar-refractivity contribution in [1.82, 2.24) is 29.7 Å². The number of nitrogens with one attached hydrogen (secondary N) is 2. The van der Waals surface area contributed by atoms with Crippen molar-refractivity contribution in [3.8, 4) is 11.5 Å². The molecule has 9 heteroatoms. The fourth-order valence-electron chi connectivity index (χ4n) is 2.95. The summed E-state index contributed by atoms with van der Waals surface area (Å²) in [5.74, 6) is 0.845. The summed E-state index contributed by atoms with van der Waals surface area (Å²) < 4.78 is 7.31. The van der Waals surface area contributed by atoms with Crippen LogP contribution in [0, 0.1) is 0 Å². The maximum atomic E-state index is 11.4. The monoisotopic (exact) mass is 366 g/mol. The number of hydrogen-bond acceptors (Lipinski definition) is 5. The van der Waals surface area contributed by atoms with Gasteiger partial charge in [-0.3, -0.25) is 0 Å². The Morgan fingerprint density at radius 3 is 3.00 bits per heavy atom. The molecule has 3 heterocycles. The third-order valence-electron chi connectivity index (χ3n) is 4.13. The molecule has 128 valence electrons. The van der Waals surface area contributed by atoms with Crippen molar-refractivity contribution in [1.29, 1.82) is 0 Å². The van der Waals surface area contributed by atoms with Crippen LogP contribution in [0.15, 0.2) is 52.0 Å². The molecule has 0 radical (unpaired) electrons. The summed E-state index contributed by atoms with van der Waals surface area (Å²) in [5.41, 5.74) is 3.34. The van der Waals surface area contributed by atoms with Crippen LogP contribution in [0.5, 0.6) is 0 Å². The van der Waals surface area contributed by atoms with E-state index in [1.807, 2.05) is 28.8 Å². The first-order valence-corrected chi connectivity index (χ1v) is 8.19. The van der Waals surface area contributed by atoms with E-state index < -0.39 is 0 Å². The summed E-state index contributed by atoms with van der Waals surface area (Å²) >= 11 is 6.22. The molecule has 8 nitrogen and oxygen atoms in total. The number of aromatic nitrogens is 6. The van der Waals surface area contributed by atoms with Crippen LogP contribution < -0.4 is 5.69 Å². The van der Waals surface area contributed by atoms with Crippen LogP contribution >= 0.6 is 11.6 Å². The fourth-order valence-corrected chi connectivity index (χ4v) is 3.21. The number of imidazole rings is 2. The highest BCUT2D eigenvalue weighted by molar-refractivity contribution is 6.35. The van der Waals surface area contributed by atoms with Crippen molar-refractivity contribution >= 4 is 33.7 Å². The van der Waals surface area contributed by atoms with E-state index in [1.165, 1.54) is 0 Å². The molecule has 2 aromatic carbocycles. The van der Waals surface area contributed by atoms with Crippen molar-refractivity contribution in [3.05, 3.63) is 64.1 Å². The highest BCUT2D eigenvalue weighted by atomic mass is 35.5. The molecule has 26 heavy (non-hydrogen) atoms. The summed E-state index contributed by atoms with van der Waals surface area (Å²) in [7, 11) is 0. The van der Waals surface area contributed by atoms with Gasteiger partial charge in [-0.15, -0.1) is 0 Å². The smallest absolute Gasteiger partial charge is 0.323 e. The van der Waals surface area contributed by atoms with E-state index in [0.29, 0.717) is 39.9 Å². The Hall–Kier alpha value is -3.39. The number of nitrogens with zero attached hydrogens (tertiary/aromatic N) is 4. The standard InChI is InChI=1S/C17H11ClN6O2/c18-10-5-9(6-12-15(10)22-17(25)20-12)16-21-14(23-26-16)7-24-8-19-11-3-1-2-4-13(11)24/h1-6,8H,7H2,(H2,20,22,25). The fraction of sp³-hybridized carbons (Fsp3) is 0.0588. The second-order valence-corrected chi connectivity index (χ2v) is 6.24. The highest BCUT2D eigenvalue weighted by Gasteiger charge is 2.14. The molecule has 5 aromatic rings. The van der Waals surface area contributed by atoms with Gasteiger partial charge in [-0.25, -0.2) is 9.78 Å². The molecule has 0 atom stereocenters. The van der Waals surface area contributed by atoms with Crippen LogP contribution in [-0.2, 0) is 6.54 Å².